The van der Waals surface area contributed by atoms with Crippen molar-refractivity contribution in [1.29, 1.82) is 0 Å². The van der Waals surface area contributed by atoms with Gasteiger partial charge in [0, 0.05) is 28.5 Å². The van der Waals surface area contributed by atoms with Crippen LogP contribution < -0.4 is 9.62 Å². The topological polar surface area (TPSA) is 86.8 Å². The van der Waals surface area contributed by atoms with Gasteiger partial charge in [-0.1, -0.05) is 95.3 Å². The number of anilines is 1. The fourth-order valence-corrected chi connectivity index (χ4v) is 6.44. The van der Waals surface area contributed by atoms with Gasteiger partial charge in [-0.05, 0) is 54.3 Å². The van der Waals surface area contributed by atoms with Crippen molar-refractivity contribution in [3.05, 3.63) is 99.5 Å². The first-order chi connectivity index (χ1) is 19.6. The normalized spacial score (nSPS) is 14.7. The molecule has 7 nitrogen and oxygen atoms in total. The highest BCUT2D eigenvalue weighted by atomic mass is 79.9. The van der Waals surface area contributed by atoms with Crippen LogP contribution in [0.15, 0.2) is 83.3 Å². The number of benzene rings is 3. The Morgan fingerprint density at radius 2 is 1.59 bits per heavy atom. The summed E-state index contributed by atoms with van der Waals surface area (Å²) in [7, 11) is -3.82. The van der Waals surface area contributed by atoms with E-state index >= 15 is 0 Å². The minimum atomic E-state index is -3.82. The Labute approximate surface area is 256 Å². The Bertz CT molecular complexity index is 1430. The van der Waals surface area contributed by atoms with Crippen LogP contribution in [0.4, 0.5) is 5.69 Å². The van der Waals surface area contributed by atoms with Crippen LogP contribution in [0.1, 0.15) is 43.2 Å². The predicted molar refractivity (Wildman–Crippen MR) is 167 cm³/mol. The van der Waals surface area contributed by atoms with Crippen molar-refractivity contribution in [3.63, 3.8) is 0 Å². The molecule has 0 bridgehead atoms. The molecule has 3 aromatic rings. The number of sulfonamides is 1. The minimum Gasteiger partial charge on any atom is -0.352 e. The zero-order chi connectivity index (χ0) is 29.4. The van der Waals surface area contributed by atoms with Crippen LogP contribution in [0.25, 0.3) is 0 Å². The van der Waals surface area contributed by atoms with Crippen LogP contribution in [-0.2, 0) is 32.6 Å². The molecule has 0 radical (unpaired) electrons. The lowest BCUT2D eigenvalue weighted by molar-refractivity contribution is -0.140. The van der Waals surface area contributed by atoms with Crippen LogP contribution >= 0.6 is 27.5 Å². The highest BCUT2D eigenvalue weighted by molar-refractivity contribution is 9.10. The maximum Gasteiger partial charge on any atom is 0.244 e. The molecule has 1 saturated carbocycles. The van der Waals surface area contributed by atoms with Crippen molar-refractivity contribution < 1.29 is 18.0 Å². The number of amides is 2. The summed E-state index contributed by atoms with van der Waals surface area (Å²) in [5.74, 6) is -0.756. The molecule has 0 spiro atoms. The highest BCUT2D eigenvalue weighted by Gasteiger charge is 2.34. The number of carbonyl (C=O) groups excluding carboxylic acids is 2. The molecule has 0 saturated heterocycles. The lowest BCUT2D eigenvalue weighted by Gasteiger charge is -2.35. The van der Waals surface area contributed by atoms with Gasteiger partial charge in [0.15, 0.2) is 0 Å². The van der Waals surface area contributed by atoms with Crippen molar-refractivity contribution in [1.82, 2.24) is 10.2 Å². The monoisotopic (exact) mass is 659 g/mol. The second-order valence-electron chi connectivity index (χ2n) is 10.4. The van der Waals surface area contributed by atoms with Gasteiger partial charge in [0.25, 0.3) is 0 Å². The summed E-state index contributed by atoms with van der Waals surface area (Å²) >= 11 is 9.88. The Morgan fingerprint density at radius 1 is 0.951 bits per heavy atom. The van der Waals surface area contributed by atoms with Crippen LogP contribution in [0.3, 0.4) is 0 Å². The number of carbonyl (C=O) groups is 2. The second kappa shape index (κ2) is 14.3. The number of nitrogens with zero attached hydrogens (tertiary/aromatic N) is 2. The smallest absolute Gasteiger partial charge is 0.244 e. The molecule has 1 aliphatic carbocycles. The van der Waals surface area contributed by atoms with Crippen molar-refractivity contribution >= 4 is 55.1 Å². The molecule has 1 fully saturated rings. The molecule has 2 amide bonds. The fourth-order valence-electron chi connectivity index (χ4n) is 5.13. The van der Waals surface area contributed by atoms with Crippen molar-refractivity contribution in [2.24, 2.45) is 0 Å². The Morgan fingerprint density at radius 3 is 2.22 bits per heavy atom. The molecule has 41 heavy (non-hydrogen) atoms. The van der Waals surface area contributed by atoms with E-state index in [9.17, 15) is 18.0 Å². The molecule has 1 aliphatic rings. The summed E-state index contributed by atoms with van der Waals surface area (Å²) in [5, 5.41) is 3.66. The van der Waals surface area contributed by atoms with Gasteiger partial charge in [0.2, 0.25) is 21.8 Å². The number of nitrogens with one attached hydrogen (secondary N) is 1. The third-order valence-corrected chi connectivity index (χ3v) is 9.35. The number of hydrogen-bond acceptors (Lipinski definition) is 4. The molecular formula is C31H35BrClN3O4S. The van der Waals surface area contributed by atoms with Gasteiger partial charge < -0.3 is 10.2 Å². The van der Waals surface area contributed by atoms with Gasteiger partial charge >= 0.3 is 0 Å². The predicted octanol–water partition coefficient (Wildman–Crippen LogP) is 5.96. The first-order valence-electron chi connectivity index (χ1n) is 13.7. The van der Waals surface area contributed by atoms with Gasteiger partial charge in [-0.2, -0.15) is 0 Å². The van der Waals surface area contributed by atoms with E-state index in [0.717, 1.165) is 52.7 Å². The maximum absolute atomic E-state index is 14.2. The average molecular weight is 661 g/mol. The van der Waals surface area contributed by atoms with Gasteiger partial charge in [-0.15, -0.1) is 0 Å². The van der Waals surface area contributed by atoms with Gasteiger partial charge in [0.1, 0.15) is 12.6 Å². The van der Waals surface area contributed by atoms with Crippen LogP contribution in [0.5, 0.6) is 0 Å². The van der Waals surface area contributed by atoms with E-state index in [1.165, 1.54) is 4.90 Å². The molecule has 0 heterocycles. The number of hydrogen-bond donors (Lipinski definition) is 1. The SMILES string of the molecule is CS(=O)(=O)N(CC(=O)N(Cc1ccccc1Cl)C(Cc1ccccc1)C(=O)NC1CCCCC1)c1ccc(Br)cc1. The van der Waals surface area contributed by atoms with Gasteiger partial charge in [-0.3, -0.25) is 13.9 Å². The van der Waals surface area contributed by atoms with E-state index < -0.39 is 28.5 Å². The van der Waals surface area contributed by atoms with E-state index in [0.29, 0.717) is 16.3 Å². The average Bonchev–Trinajstić information content (AvgIpc) is 2.95. The molecule has 1 atom stereocenters. The zero-order valence-electron chi connectivity index (χ0n) is 23.0. The van der Waals surface area contributed by atoms with E-state index in [-0.39, 0.29) is 24.9 Å². The number of halogens is 2. The quantitative estimate of drug-likeness (QED) is 0.275. The first-order valence-corrected chi connectivity index (χ1v) is 16.7. The van der Waals surface area contributed by atoms with Crippen molar-refractivity contribution in [2.75, 3.05) is 17.1 Å². The Balaban J connectivity index is 1.72. The largest absolute Gasteiger partial charge is 0.352 e. The van der Waals surface area contributed by atoms with Crippen LogP contribution in [-0.4, -0.2) is 50.0 Å². The second-order valence-corrected chi connectivity index (χ2v) is 13.6. The summed E-state index contributed by atoms with van der Waals surface area (Å²) in [6.07, 6.45) is 6.38. The Hall–Kier alpha value is -2.88. The molecular weight excluding hydrogens is 626 g/mol. The molecule has 1 N–H and O–H groups in total. The van der Waals surface area contributed by atoms with Crippen LogP contribution in [0.2, 0.25) is 5.02 Å². The van der Waals surface area contributed by atoms with E-state index in [1.807, 2.05) is 42.5 Å². The van der Waals surface area contributed by atoms with Gasteiger partial charge in [0.05, 0.1) is 11.9 Å². The standard InChI is InChI=1S/C31H35BrClN3O4S/c1-41(39,40)36(27-18-16-25(32)17-19-27)22-30(37)35(21-24-12-8-9-15-28(24)33)29(20-23-10-4-2-5-11-23)31(38)34-26-13-6-3-7-14-26/h2,4-5,8-12,15-19,26,29H,3,6-7,13-14,20-22H2,1H3,(H,34,38). The first kappa shape index (κ1) is 31.1. The molecule has 3 aromatic carbocycles. The fraction of sp³-hybridized carbons (Fsp3) is 0.355. The van der Waals surface area contributed by atoms with Crippen molar-refractivity contribution in [3.8, 4) is 0 Å². The third-order valence-electron chi connectivity index (χ3n) is 7.31. The molecule has 1 unspecified atom stereocenters. The lowest BCUT2D eigenvalue weighted by Crippen LogP contribution is -2.55. The molecule has 4 rings (SSSR count). The summed E-state index contributed by atoms with van der Waals surface area (Å²) < 4.78 is 27.6. The Kier molecular flexibility index (Phi) is 10.9. The van der Waals surface area contributed by atoms with Crippen LogP contribution in [0, 0.1) is 0 Å². The van der Waals surface area contributed by atoms with Crippen molar-refractivity contribution in [2.45, 2.75) is 57.2 Å². The van der Waals surface area contributed by atoms with E-state index in [4.69, 9.17) is 11.6 Å². The molecule has 218 valence electrons. The summed E-state index contributed by atoms with van der Waals surface area (Å²) in [6.45, 7) is -0.418. The molecule has 10 heteroatoms. The third kappa shape index (κ3) is 8.80. The maximum atomic E-state index is 14.2. The van der Waals surface area contributed by atoms with Gasteiger partial charge in [-0.25, -0.2) is 8.42 Å². The van der Waals surface area contributed by atoms with E-state index in [2.05, 4.69) is 21.2 Å². The summed E-state index contributed by atoms with van der Waals surface area (Å²) in [4.78, 5) is 29.6. The zero-order valence-corrected chi connectivity index (χ0v) is 26.2. The highest BCUT2D eigenvalue weighted by Crippen LogP contribution is 2.25. The molecule has 0 aromatic heterocycles. The lowest BCUT2D eigenvalue weighted by atomic mass is 9.94. The number of rotatable bonds is 11. The minimum absolute atomic E-state index is 0.0436. The summed E-state index contributed by atoms with van der Waals surface area (Å²) in [5.41, 5.74) is 1.91. The summed E-state index contributed by atoms with van der Waals surface area (Å²) in [6, 6.07) is 22.6. The van der Waals surface area contributed by atoms with E-state index in [1.54, 1.807) is 36.4 Å². The molecule has 0 aliphatic heterocycles.